The molecule has 2 nitrogen and oxygen atoms in total. The van der Waals surface area contributed by atoms with Gasteiger partial charge in [-0.15, -0.1) is 0 Å². The van der Waals surface area contributed by atoms with Gasteiger partial charge in [-0.25, -0.2) is 0 Å². The summed E-state index contributed by atoms with van der Waals surface area (Å²) in [5.74, 6) is 0. The molecule has 0 amide bonds. The van der Waals surface area contributed by atoms with Gasteiger partial charge in [-0.2, -0.15) is 0 Å². The van der Waals surface area contributed by atoms with Crippen molar-refractivity contribution in [3.63, 3.8) is 0 Å². The van der Waals surface area contributed by atoms with Gasteiger partial charge in [0, 0.05) is 33.0 Å². The lowest BCUT2D eigenvalue weighted by atomic mass is 9.70. The number of rotatable bonds is 5. The van der Waals surface area contributed by atoms with E-state index in [1.54, 1.807) is 0 Å². The van der Waals surface area contributed by atoms with Crippen LogP contribution < -0.4 is 4.90 Å². The van der Waals surface area contributed by atoms with Crippen LogP contribution in [0.15, 0.2) is 253 Å². The lowest BCUT2D eigenvalue weighted by molar-refractivity contribution is 0.672. The van der Waals surface area contributed by atoms with E-state index in [0.29, 0.717) is 0 Å². The van der Waals surface area contributed by atoms with E-state index in [1.807, 2.05) is 0 Å². The molecule has 0 aliphatic heterocycles. The first-order valence-electron chi connectivity index (χ1n) is 23.9. The molecule has 0 N–H and O–H groups in total. The zero-order valence-corrected chi connectivity index (χ0v) is 37.5. The summed E-state index contributed by atoms with van der Waals surface area (Å²) in [6.45, 7) is 0. The maximum Gasteiger partial charge on any atom is 0.143 e. The summed E-state index contributed by atoms with van der Waals surface area (Å²) in [5.41, 5.74) is 19.7. The molecule has 13 aromatic rings. The molecule has 0 saturated heterocycles. The van der Waals surface area contributed by atoms with E-state index in [9.17, 15) is 0 Å². The van der Waals surface area contributed by atoms with Crippen LogP contribution in [0.2, 0.25) is 0 Å². The average molecular weight is 876 g/mol. The van der Waals surface area contributed by atoms with Gasteiger partial charge in [0.05, 0.1) is 16.8 Å². The van der Waals surface area contributed by atoms with Crippen molar-refractivity contribution in [1.29, 1.82) is 0 Å². The highest BCUT2D eigenvalue weighted by molar-refractivity contribution is 6.16. The molecular weight excluding hydrogens is 835 g/mol. The van der Waals surface area contributed by atoms with Crippen LogP contribution in [0, 0.1) is 0 Å². The zero-order chi connectivity index (χ0) is 45.2. The predicted octanol–water partition coefficient (Wildman–Crippen LogP) is 18.2. The van der Waals surface area contributed by atoms with Gasteiger partial charge < -0.3 is 9.32 Å². The van der Waals surface area contributed by atoms with Crippen LogP contribution in [-0.4, -0.2) is 0 Å². The zero-order valence-electron chi connectivity index (χ0n) is 37.5. The fourth-order valence-corrected chi connectivity index (χ4v) is 12.4. The van der Waals surface area contributed by atoms with Crippen molar-refractivity contribution in [2.24, 2.45) is 0 Å². The molecule has 0 radical (unpaired) electrons. The van der Waals surface area contributed by atoms with Gasteiger partial charge in [0.2, 0.25) is 0 Å². The van der Waals surface area contributed by atoms with Crippen LogP contribution in [-0.2, 0) is 5.41 Å². The SMILES string of the molecule is c1ccc(N(c2ccc(-c3cccc4c3ccc3ccccc34)cc2)c2cccc3c2-c2ccccc2C32c3ccccc3-c3ccccc32)c(-c2ccc3oc4c5ccccc5ccc4c3c2)c1. The van der Waals surface area contributed by atoms with E-state index in [2.05, 4.69) is 254 Å². The van der Waals surface area contributed by atoms with E-state index in [4.69, 9.17) is 4.42 Å². The van der Waals surface area contributed by atoms with Gasteiger partial charge in [-0.3, -0.25) is 0 Å². The second-order valence-corrected chi connectivity index (χ2v) is 18.6. The molecule has 1 spiro atoms. The standard InChI is InChI=1S/C67H41NO/c1-3-17-47-42(15-1)33-38-52-48(23-13-24-51(47)52)44-31-36-46(37-32-44)68(62-29-12-8-18-49(62)45-35-40-64-57(41-45)55-39-34-43-16-2-4-19-50(43)66(55)69-64)63-30-14-28-61-65(63)56-22-7-11-27-60(56)67(61)58-25-9-5-20-53(58)54-21-6-10-26-59(54)67/h1-41H. The molecule has 0 saturated carbocycles. The average Bonchev–Trinajstić information content (AvgIpc) is 4.06. The van der Waals surface area contributed by atoms with Crippen molar-refractivity contribution in [2.75, 3.05) is 4.90 Å². The first-order chi connectivity index (χ1) is 34.2. The van der Waals surface area contributed by atoms with E-state index in [1.165, 1.54) is 82.6 Å². The van der Waals surface area contributed by atoms with Crippen LogP contribution in [0.3, 0.4) is 0 Å². The van der Waals surface area contributed by atoms with Crippen LogP contribution in [0.4, 0.5) is 17.1 Å². The molecule has 1 heterocycles. The lowest BCUT2D eigenvalue weighted by Gasteiger charge is -2.32. The maximum atomic E-state index is 6.64. The van der Waals surface area contributed by atoms with Gasteiger partial charge >= 0.3 is 0 Å². The fourth-order valence-electron chi connectivity index (χ4n) is 12.4. The highest BCUT2D eigenvalue weighted by atomic mass is 16.3. The summed E-state index contributed by atoms with van der Waals surface area (Å²) < 4.78 is 6.64. The highest BCUT2D eigenvalue weighted by Gasteiger charge is 2.52. The largest absolute Gasteiger partial charge is 0.455 e. The molecule has 320 valence electrons. The summed E-state index contributed by atoms with van der Waals surface area (Å²) in [4.78, 5) is 2.52. The Morgan fingerprint density at radius 3 is 1.61 bits per heavy atom. The maximum absolute atomic E-state index is 6.64. The number of anilines is 3. The van der Waals surface area contributed by atoms with Crippen LogP contribution in [0.1, 0.15) is 22.3 Å². The van der Waals surface area contributed by atoms with E-state index in [0.717, 1.165) is 55.5 Å². The second kappa shape index (κ2) is 14.5. The fraction of sp³-hybridized carbons (Fsp3) is 0.0149. The van der Waals surface area contributed by atoms with Crippen molar-refractivity contribution in [3.05, 3.63) is 271 Å². The van der Waals surface area contributed by atoms with Crippen molar-refractivity contribution in [3.8, 4) is 44.5 Å². The molecule has 15 rings (SSSR count). The molecule has 2 aliphatic carbocycles. The number of benzene rings is 12. The first-order valence-corrected chi connectivity index (χ1v) is 23.9. The molecule has 1 aromatic heterocycles. The molecule has 69 heavy (non-hydrogen) atoms. The quantitative estimate of drug-likeness (QED) is 0.160. The van der Waals surface area contributed by atoms with E-state index in [-0.39, 0.29) is 0 Å². The molecule has 12 aromatic carbocycles. The number of hydrogen-bond donors (Lipinski definition) is 0. The Morgan fingerprint density at radius 1 is 0.304 bits per heavy atom. The van der Waals surface area contributed by atoms with Gasteiger partial charge in [-0.1, -0.05) is 206 Å². The Morgan fingerprint density at radius 2 is 0.841 bits per heavy atom. The minimum atomic E-state index is -0.472. The Balaban J connectivity index is 0.972. The van der Waals surface area contributed by atoms with Crippen molar-refractivity contribution in [1.82, 2.24) is 0 Å². The van der Waals surface area contributed by atoms with Crippen LogP contribution >= 0.6 is 0 Å². The van der Waals surface area contributed by atoms with Crippen molar-refractivity contribution >= 4 is 71.3 Å². The van der Waals surface area contributed by atoms with Gasteiger partial charge in [0.25, 0.3) is 0 Å². The van der Waals surface area contributed by atoms with E-state index >= 15 is 0 Å². The van der Waals surface area contributed by atoms with Gasteiger partial charge in [0.15, 0.2) is 0 Å². The molecule has 0 bridgehead atoms. The van der Waals surface area contributed by atoms with Crippen molar-refractivity contribution < 1.29 is 4.42 Å². The summed E-state index contributed by atoms with van der Waals surface area (Å²) in [7, 11) is 0. The Hall–Kier alpha value is -8.98. The monoisotopic (exact) mass is 875 g/mol. The molecular formula is C67H41NO. The summed E-state index contributed by atoms with van der Waals surface area (Å²) in [6, 6.07) is 92.0. The minimum Gasteiger partial charge on any atom is -0.455 e. The number of hydrogen-bond acceptors (Lipinski definition) is 2. The minimum absolute atomic E-state index is 0.472. The summed E-state index contributed by atoms with van der Waals surface area (Å²) >= 11 is 0. The topological polar surface area (TPSA) is 16.4 Å². The van der Waals surface area contributed by atoms with Crippen molar-refractivity contribution in [2.45, 2.75) is 5.41 Å². The summed E-state index contributed by atoms with van der Waals surface area (Å²) in [5, 5.41) is 9.58. The third-order valence-electron chi connectivity index (χ3n) is 15.3. The molecule has 2 heteroatoms. The van der Waals surface area contributed by atoms with Gasteiger partial charge in [-0.05, 0) is 125 Å². The Kier molecular flexibility index (Phi) is 8.02. The third kappa shape index (κ3) is 5.31. The predicted molar refractivity (Wildman–Crippen MR) is 288 cm³/mol. The number of furan rings is 1. The normalized spacial score (nSPS) is 13.0. The van der Waals surface area contributed by atoms with E-state index < -0.39 is 5.41 Å². The smallest absolute Gasteiger partial charge is 0.143 e. The Bertz CT molecular complexity index is 4220. The third-order valence-corrected chi connectivity index (χ3v) is 15.3. The molecule has 0 unspecified atom stereocenters. The van der Waals surface area contributed by atoms with Gasteiger partial charge in [0.1, 0.15) is 11.2 Å². The highest BCUT2D eigenvalue weighted by Crippen LogP contribution is 2.65. The first kappa shape index (κ1) is 38.2. The number of para-hydroxylation sites is 1. The molecule has 0 atom stereocenters. The lowest BCUT2D eigenvalue weighted by Crippen LogP contribution is -2.26. The van der Waals surface area contributed by atoms with Crippen LogP contribution in [0.5, 0.6) is 0 Å². The number of fused-ring (bicyclic) bond motifs is 18. The number of nitrogens with zero attached hydrogens (tertiary/aromatic N) is 1. The molecule has 2 aliphatic rings. The van der Waals surface area contributed by atoms with Crippen LogP contribution in [0.25, 0.3) is 98.8 Å². The molecule has 0 fully saturated rings. The Labute approximate surface area is 399 Å². The second-order valence-electron chi connectivity index (χ2n) is 18.6. The summed E-state index contributed by atoms with van der Waals surface area (Å²) in [6.07, 6.45) is 0.